The van der Waals surface area contributed by atoms with Crippen molar-refractivity contribution in [2.75, 3.05) is 0 Å². The molecule has 0 bridgehead atoms. The van der Waals surface area contributed by atoms with Gasteiger partial charge in [0.25, 0.3) is 0 Å². The predicted molar refractivity (Wildman–Crippen MR) is 67.4 cm³/mol. The Hall–Kier alpha value is -1.41. The van der Waals surface area contributed by atoms with Crippen LogP contribution in [0.5, 0.6) is 0 Å². The van der Waals surface area contributed by atoms with E-state index in [1.54, 1.807) is 11.3 Å². The van der Waals surface area contributed by atoms with Gasteiger partial charge in [0.15, 0.2) is 0 Å². The lowest BCUT2D eigenvalue weighted by Gasteiger charge is -1.97. The molecule has 0 spiro atoms. The first-order chi connectivity index (χ1) is 7.38. The van der Waals surface area contributed by atoms with Crippen LogP contribution in [0.2, 0.25) is 0 Å². The minimum Gasteiger partial charge on any atom is -0.255 e. The third-order valence-electron chi connectivity index (χ3n) is 2.20. The highest BCUT2D eigenvalue weighted by molar-refractivity contribution is 7.11. The van der Waals surface area contributed by atoms with E-state index in [1.165, 1.54) is 10.4 Å². The second-order valence-corrected chi connectivity index (χ2v) is 4.28. The fraction of sp³-hybridized carbons (Fsp3) is 0.154. The molecular weight excluding hydrogens is 202 g/mol. The molecule has 1 nitrogen and oxygen atoms in total. The van der Waals surface area contributed by atoms with Gasteiger partial charge in [-0.2, -0.15) is 0 Å². The highest BCUT2D eigenvalue weighted by Crippen LogP contribution is 2.15. The summed E-state index contributed by atoms with van der Waals surface area (Å²) >= 11 is 1.70. The number of thiophene rings is 1. The van der Waals surface area contributed by atoms with Gasteiger partial charge in [-0.25, -0.2) is 0 Å². The van der Waals surface area contributed by atoms with Crippen LogP contribution in [-0.4, -0.2) is 6.21 Å². The Balaban J connectivity index is 2.17. The largest absolute Gasteiger partial charge is 0.255 e. The second-order valence-electron chi connectivity index (χ2n) is 3.30. The molecule has 0 aliphatic heterocycles. The van der Waals surface area contributed by atoms with Gasteiger partial charge in [-0.3, -0.25) is 4.99 Å². The molecular formula is C13H13NS. The van der Waals surface area contributed by atoms with Crippen LogP contribution in [0.3, 0.4) is 0 Å². The van der Waals surface area contributed by atoms with Crippen molar-refractivity contribution in [3.05, 3.63) is 52.2 Å². The molecule has 0 fully saturated rings. The van der Waals surface area contributed by atoms with Gasteiger partial charge in [-0.15, -0.1) is 11.3 Å². The van der Waals surface area contributed by atoms with Crippen LogP contribution in [0.1, 0.15) is 17.4 Å². The van der Waals surface area contributed by atoms with Crippen LogP contribution in [0.15, 0.2) is 46.8 Å². The first-order valence-corrected chi connectivity index (χ1v) is 5.93. The maximum absolute atomic E-state index is 4.44. The lowest BCUT2D eigenvalue weighted by atomic mass is 10.1. The Kier molecular flexibility index (Phi) is 3.30. The van der Waals surface area contributed by atoms with Crippen molar-refractivity contribution in [2.45, 2.75) is 13.3 Å². The molecule has 0 amide bonds. The molecule has 0 saturated heterocycles. The number of benzene rings is 1. The van der Waals surface area contributed by atoms with Crippen LogP contribution >= 0.6 is 11.3 Å². The van der Waals surface area contributed by atoms with E-state index >= 15 is 0 Å². The van der Waals surface area contributed by atoms with Crippen molar-refractivity contribution in [1.82, 2.24) is 0 Å². The summed E-state index contributed by atoms with van der Waals surface area (Å²) in [5.41, 5.74) is 2.36. The molecule has 2 aromatic rings. The zero-order valence-electron chi connectivity index (χ0n) is 8.68. The number of aryl methyl sites for hydroxylation is 1. The molecule has 1 aromatic carbocycles. The van der Waals surface area contributed by atoms with Crippen molar-refractivity contribution in [2.24, 2.45) is 4.99 Å². The first kappa shape index (κ1) is 10.1. The van der Waals surface area contributed by atoms with Crippen molar-refractivity contribution >= 4 is 23.2 Å². The van der Waals surface area contributed by atoms with E-state index in [1.807, 2.05) is 18.3 Å². The quantitative estimate of drug-likeness (QED) is 0.685. The molecule has 0 aliphatic rings. The first-order valence-electron chi connectivity index (χ1n) is 5.05. The van der Waals surface area contributed by atoms with Crippen LogP contribution in [0, 0.1) is 0 Å². The Bertz CT molecular complexity index is 443. The van der Waals surface area contributed by atoms with Crippen LogP contribution in [-0.2, 0) is 6.42 Å². The van der Waals surface area contributed by atoms with Gasteiger partial charge in [0.05, 0.1) is 5.69 Å². The molecule has 0 atom stereocenters. The van der Waals surface area contributed by atoms with Crippen molar-refractivity contribution < 1.29 is 0 Å². The lowest BCUT2D eigenvalue weighted by molar-refractivity contribution is 1.14. The molecule has 0 unspecified atom stereocenters. The number of rotatable bonds is 3. The summed E-state index contributed by atoms with van der Waals surface area (Å²) in [4.78, 5) is 5.63. The molecule has 2 heteroatoms. The lowest BCUT2D eigenvalue weighted by Crippen LogP contribution is -1.78. The van der Waals surface area contributed by atoms with Gasteiger partial charge >= 0.3 is 0 Å². The van der Waals surface area contributed by atoms with Gasteiger partial charge in [-0.1, -0.05) is 25.1 Å². The number of hydrogen-bond donors (Lipinski definition) is 0. The Morgan fingerprint density at radius 1 is 1.27 bits per heavy atom. The fourth-order valence-corrected chi connectivity index (χ4v) is 1.94. The zero-order chi connectivity index (χ0) is 10.5. The molecule has 0 radical (unpaired) electrons. The Labute approximate surface area is 94.1 Å². The van der Waals surface area contributed by atoms with Crippen molar-refractivity contribution in [3.8, 4) is 0 Å². The van der Waals surface area contributed by atoms with E-state index in [0.717, 1.165) is 12.1 Å². The molecule has 0 saturated carbocycles. The number of hydrogen-bond acceptors (Lipinski definition) is 2. The molecule has 1 heterocycles. The number of nitrogens with zero attached hydrogens (tertiary/aromatic N) is 1. The normalized spacial score (nSPS) is 11.0. The average molecular weight is 215 g/mol. The summed E-state index contributed by atoms with van der Waals surface area (Å²) in [5, 5.41) is 2.06. The van der Waals surface area contributed by atoms with E-state index in [9.17, 15) is 0 Å². The summed E-state index contributed by atoms with van der Waals surface area (Å²) in [6.45, 7) is 2.15. The second kappa shape index (κ2) is 4.89. The fourth-order valence-electron chi connectivity index (χ4n) is 1.36. The Morgan fingerprint density at radius 2 is 2.20 bits per heavy atom. The summed E-state index contributed by atoms with van der Waals surface area (Å²) in [6, 6.07) is 12.4. The van der Waals surface area contributed by atoms with E-state index in [4.69, 9.17) is 0 Å². The average Bonchev–Trinajstić information content (AvgIpc) is 2.79. The van der Waals surface area contributed by atoms with Gasteiger partial charge in [0.2, 0.25) is 0 Å². The van der Waals surface area contributed by atoms with E-state index in [0.29, 0.717) is 0 Å². The topological polar surface area (TPSA) is 12.4 Å². The Morgan fingerprint density at radius 3 is 2.93 bits per heavy atom. The van der Waals surface area contributed by atoms with E-state index < -0.39 is 0 Å². The smallest absolute Gasteiger partial charge is 0.0632 e. The van der Waals surface area contributed by atoms with Crippen LogP contribution < -0.4 is 0 Å². The standard InChI is InChI=1S/C13H13NS/c1-2-11-5-3-6-12(9-11)14-10-13-7-4-8-15-13/h3-10H,2H2,1H3. The van der Waals surface area contributed by atoms with E-state index in [-0.39, 0.29) is 0 Å². The van der Waals surface area contributed by atoms with Crippen molar-refractivity contribution in [3.63, 3.8) is 0 Å². The van der Waals surface area contributed by atoms with Gasteiger partial charge in [0, 0.05) is 11.1 Å². The SMILES string of the molecule is CCc1cccc(N=Cc2cccs2)c1. The zero-order valence-corrected chi connectivity index (χ0v) is 9.50. The van der Waals surface area contributed by atoms with Gasteiger partial charge in [0.1, 0.15) is 0 Å². The maximum atomic E-state index is 4.44. The molecule has 0 N–H and O–H groups in total. The third kappa shape index (κ3) is 2.77. The minimum atomic E-state index is 1.03. The minimum absolute atomic E-state index is 1.03. The molecule has 2 rings (SSSR count). The molecule has 76 valence electrons. The molecule has 0 aliphatic carbocycles. The molecule has 15 heavy (non-hydrogen) atoms. The predicted octanol–water partition coefficient (Wildman–Crippen LogP) is 4.06. The van der Waals surface area contributed by atoms with Crippen LogP contribution in [0.4, 0.5) is 5.69 Å². The highest BCUT2D eigenvalue weighted by Gasteiger charge is 1.92. The highest BCUT2D eigenvalue weighted by atomic mass is 32.1. The third-order valence-corrected chi connectivity index (χ3v) is 3.01. The summed E-state index contributed by atoms with van der Waals surface area (Å²) in [5.74, 6) is 0. The van der Waals surface area contributed by atoms with E-state index in [2.05, 4.69) is 41.6 Å². The monoisotopic (exact) mass is 215 g/mol. The summed E-state index contributed by atoms with van der Waals surface area (Å²) in [6.07, 6.45) is 2.97. The maximum Gasteiger partial charge on any atom is 0.0632 e. The summed E-state index contributed by atoms with van der Waals surface area (Å²) in [7, 11) is 0. The van der Waals surface area contributed by atoms with Crippen LogP contribution in [0.25, 0.3) is 0 Å². The van der Waals surface area contributed by atoms with Gasteiger partial charge in [-0.05, 0) is 35.6 Å². The van der Waals surface area contributed by atoms with Gasteiger partial charge < -0.3 is 0 Å². The molecule has 1 aromatic heterocycles. The number of aliphatic imine (C=N–C) groups is 1. The summed E-state index contributed by atoms with van der Waals surface area (Å²) < 4.78 is 0. The van der Waals surface area contributed by atoms with Crippen molar-refractivity contribution in [1.29, 1.82) is 0 Å².